The van der Waals surface area contributed by atoms with Crippen molar-refractivity contribution >= 4 is 16.9 Å². The molecule has 0 aliphatic heterocycles. The first kappa shape index (κ1) is 18.7. The molecule has 3 rings (SSSR count). The normalized spacial score (nSPS) is 12.0. The zero-order chi connectivity index (χ0) is 19.4. The summed E-state index contributed by atoms with van der Waals surface area (Å²) >= 11 is 0. The predicted molar refractivity (Wildman–Crippen MR) is 106 cm³/mol. The largest absolute Gasteiger partial charge is 0.476 e. The Hall–Kier alpha value is -3.08. The molecule has 0 radical (unpaired) electrons. The number of hydrogen-bond donors (Lipinski definition) is 1. The Balaban J connectivity index is 2.04. The molecule has 27 heavy (non-hydrogen) atoms. The fourth-order valence-corrected chi connectivity index (χ4v) is 2.75. The lowest BCUT2D eigenvalue weighted by atomic mass is 10.1. The van der Waals surface area contributed by atoms with Crippen molar-refractivity contribution < 1.29 is 13.9 Å². The van der Waals surface area contributed by atoms with Gasteiger partial charge in [0.1, 0.15) is 5.58 Å². The van der Waals surface area contributed by atoms with Crippen LogP contribution < -0.4 is 15.5 Å². The smallest absolute Gasteiger partial charge is 0.258 e. The Kier molecular flexibility index (Phi) is 5.60. The molecular formula is C22H23NO4. The minimum atomic E-state index is -0.286. The van der Waals surface area contributed by atoms with Gasteiger partial charge in [-0.05, 0) is 38.0 Å². The third kappa shape index (κ3) is 4.19. The Morgan fingerprint density at radius 3 is 2.63 bits per heavy atom. The topological polar surface area (TPSA) is 68.5 Å². The van der Waals surface area contributed by atoms with E-state index in [0.29, 0.717) is 16.7 Å². The van der Waals surface area contributed by atoms with E-state index >= 15 is 0 Å². The van der Waals surface area contributed by atoms with Crippen LogP contribution in [-0.4, -0.2) is 18.6 Å². The average Bonchev–Trinajstić information content (AvgIpc) is 2.67. The molecule has 1 N–H and O–H groups in total. The van der Waals surface area contributed by atoms with E-state index in [1.54, 1.807) is 6.07 Å². The van der Waals surface area contributed by atoms with Gasteiger partial charge in [0.2, 0.25) is 11.2 Å². The lowest BCUT2D eigenvalue weighted by Crippen LogP contribution is -2.36. The van der Waals surface area contributed by atoms with Crippen molar-refractivity contribution in [2.45, 2.75) is 33.2 Å². The molecule has 0 spiro atoms. The van der Waals surface area contributed by atoms with Crippen LogP contribution in [0.4, 0.5) is 0 Å². The fourth-order valence-electron chi connectivity index (χ4n) is 2.75. The molecule has 1 aromatic heterocycles. The average molecular weight is 365 g/mol. The molecule has 0 unspecified atom stereocenters. The van der Waals surface area contributed by atoms with Crippen molar-refractivity contribution in [3.05, 3.63) is 64.3 Å². The lowest BCUT2D eigenvalue weighted by Gasteiger charge is -2.14. The van der Waals surface area contributed by atoms with Gasteiger partial charge in [-0.3, -0.25) is 9.59 Å². The first-order valence-corrected chi connectivity index (χ1v) is 9.04. The Labute approximate surface area is 158 Å². The summed E-state index contributed by atoms with van der Waals surface area (Å²) < 4.78 is 11.7. The molecule has 5 heteroatoms. The molecule has 2 aromatic carbocycles. The van der Waals surface area contributed by atoms with Gasteiger partial charge in [-0.25, -0.2) is 0 Å². The highest BCUT2D eigenvalue weighted by atomic mass is 16.5. The van der Waals surface area contributed by atoms with E-state index in [2.05, 4.69) is 5.32 Å². The van der Waals surface area contributed by atoms with Gasteiger partial charge < -0.3 is 14.5 Å². The second-order valence-corrected chi connectivity index (χ2v) is 6.62. The Morgan fingerprint density at radius 1 is 1.19 bits per heavy atom. The zero-order valence-corrected chi connectivity index (χ0v) is 15.7. The second-order valence-electron chi connectivity index (χ2n) is 6.62. The molecular weight excluding hydrogens is 342 g/mol. The van der Waals surface area contributed by atoms with Gasteiger partial charge in [-0.15, -0.1) is 0 Å². The summed E-state index contributed by atoms with van der Waals surface area (Å²) in [5.41, 5.74) is 1.92. The standard InChI is InChI=1S/C22H23NO4/c1-4-15(3)23-19(24)13-26-22-20(25)17-11-10-14(2)12-18(17)27-21(22)16-8-6-5-7-9-16/h5-12,15H,4,13H2,1-3H3,(H,23,24)/t15-/m1/s1. The van der Waals surface area contributed by atoms with E-state index in [-0.39, 0.29) is 29.7 Å². The summed E-state index contributed by atoms with van der Waals surface area (Å²) in [6.07, 6.45) is 0.818. The van der Waals surface area contributed by atoms with Crippen LogP contribution in [-0.2, 0) is 4.79 Å². The monoisotopic (exact) mass is 365 g/mol. The van der Waals surface area contributed by atoms with Crippen molar-refractivity contribution in [1.29, 1.82) is 0 Å². The molecule has 0 aliphatic rings. The first-order chi connectivity index (χ1) is 13.0. The first-order valence-electron chi connectivity index (χ1n) is 9.04. The van der Waals surface area contributed by atoms with E-state index in [1.165, 1.54) is 0 Å². The number of ether oxygens (including phenoxy) is 1. The maximum Gasteiger partial charge on any atom is 0.258 e. The summed E-state index contributed by atoms with van der Waals surface area (Å²) in [7, 11) is 0. The minimum Gasteiger partial charge on any atom is -0.476 e. The molecule has 0 saturated heterocycles. The molecule has 5 nitrogen and oxygen atoms in total. The Bertz CT molecular complexity index is 1010. The fraction of sp³-hybridized carbons (Fsp3) is 0.273. The number of carbonyl (C=O) groups is 1. The number of fused-ring (bicyclic) bond motifs is 1. The highest BCUT2D eigenvalue weighted by molar-refractivity contribution is 5.83. The van der Waals surface area contributed by atoms with Crippen LogP contribution in [0, 0.1) is 6.92 Å². The summed E-state index contributed by atoms with van der Waals surface area (Å²) in [6, 6.07) is 14.7. The number of amides is 1. The highest BCUT2D eigenvalue weighted by Crippen LogP contribution is 2.31. The summed E-state index contributed by atoms with van der Waals surface area (Å²) in [5, 5.41) is 3.25. The number of aryl methyl sites for hydroxylation is 1. The van der Waals surface area contributed by atoms with E-state index in [4.69, 9.17) is 9.15 Å². The predicted octanol–water partition coefficient (Wildman–Crippen LogP) is 4.06. The third-order valence-corrected chi connectivity index (χ3v) is 4.41. The van der Waals surface area contributed by atoms with Gasteiger partial charge in [0, 0.05) is 11.6 Å². The molecule has 0 bridgehead atoms. The van der Waals surface area contributed by atoms with Crippen LogP contribution in [0.3, 0.4) is 0 Å². The summed E-state index contributed by atoms with van der Waals surface area (Å²) in [5.74, 6) is 0.110. The van der Waals surface area contributed by atoms with Gasteiger partial charge in [0.25, 0.3) is 5.91 Å². The van der Waals surface area contributed by atoms with Crippen molar-refractivity contribution in [3.8, 4) is 17.1 Å². The van der Waals surface area contributed by atoms with Gasteiger partial charge in [0.05, 0.1) is 5.39 Å². The minimum absolute atomic E-state index is 0.0469. The van der Waals surface area contributed by atoms with E-state index in [0.717, 1.165) is 17.5 Å². The molecule has 1 atom stereocenters. The maximum atomic E-state index is 13.0. The number of hydrogen-bond acceptors (Lipinski definition) is 4. The SMILES string of the molecule is CC[C@@H](C)NC(=O)COc1c(-c2ccccc2)oc2cc(C)ccc2c1=O. The molecule has 3 aromatic rings. The van der Waals surface area contributed by atoms with Gasteiger partial charge >= 0.3 is 0 Å². The van der Waals surface area contributed by atoms with Gasteiger partial charge in [0.15, 0.2) is 12.4 Å². The van der Waals surface area contributed by atoms with Crippen molar-refractivity contribution in [2.75, 3.05) is 6.61 Å². The van der Waals surface area contributed by atoms with Crippen LogP contribution in [0.15, 0.2) is 57.7 Å². The van der Waals surface area contributed by atoms with Crippen LogP contribution in [0.2, 0.25) is 0 Å². The van der Waals surface area contributed by atoms with Gasteiger partial charge in [-0.1, -0.05) is 43.3 Å². The number of benzene rings is 2. The summed E-state index contributed by atoms with van der Waals surface area (Å²) in [4.78, 5) is 25.1. The second kappa shape index (κ2) is 8.08. The summed E-state index contributed by atoms with van der Waals surface area (Å²) in [6.45, 7) is 5.59. The van der Waals surface area contributed by atoms with Gasteiger partial charge in [-0.2, -0.15) is 0 Å². The van der Waals surface area contributed by atoms with Crippen LogP contribution in [0.1, 0.15) is 25.8 Å². The molecule has 0 aliphatic carbocycles. The van der Waals surface area contributed by atoms with Crippen LogP contribution in [0.25, 0.3) is 22.3 Å². The molecule has 140 valence electrons. The maximum absolute atomic E-state index is 13.0. The third-order valence-electron chi connectivity index (χ3n) is 4.41. The zero-order valence-electron chi connectivity index (χ0n) is 15.7. The van der Waals surface area contributed by atoms with Crippen molar-refractivity contribution in [3.63, 3.8) is 0 Å². The number of carbonyl (C=O) groups excluding carboxylic acids is 1. The molecule has 1 heterocycles. The number of rotatable bonds is 6. The van der Waals surface area contributed by atoms with E-state index in [9.17, 15) is 9.59 Å². The van der Waals surface area contributed by atoms with Crippen molar-refractivity contribution in [2.24, 2.45) is 0 Å². The van der Waals surface area contributed by atoms with E-state index in [1.807, 2.05) is 63.2 Å². The molecule has 0 fully saturated rings. The molecule has 1 amide bonds. The number of nitrogens with one attached hydrogen (secondary N) is 1. The highest BCUT2D eigenvalue weighted by Gasteiger charge is 2.19. The van der Waals surface area contributed by atoms with Crippen LogP contribution >= 0.6 is 0 Å². The Morgan fingerprint density at radius 2 is 1.93 bits per heavy atom. The van der Waals surface area contributed by atoms with Crippen LogP contribution in [0.5, 0.6) is 5.75 Å². The quantitative estimate of drug-likeness (QED) is 0.715. The van der Waals surface area contributed by atoms with Crippen molar-refractivity contribution in [1.82, 2.24) is 5.32 Å². The van der Waals surface area contributed by atoms with E-state index < -0.39 is 0 Å². The molecule has 0 saturated carbocycles. The lowest BCUT2D eigenvalue weighted by molar-refractivity contribution is -0.123.